The highest BCUT2D eigenvalue weighted by Gasteiger charge is 2.13. The topological polar surface area (TPSA) is 96.1 Å². The van der Waals surface area contributed by atoms with Gasteiger partial charge in [0.15, 0.2) is 6.61 Å². The Kier molecular flexibility index (Phi) is 5.71. The van der Waals surface area contributed by atoms with Crippen molar-refractivity contribution in [3.63, 3.8) is 0 Å². The van der Waals surface area contributed by atoms with Crippen molar-refractivity contribution in [3.8, 4) is 17.1 Å². The zero-order valence-corrected chi connectivity index (χ0v) is 16.8. The molecule has 0 aliphatic rings. The lowest BCUT2D eigenvalue weighted by atomic mass is 10.1. The van der Waals surface area contributed by atoms with Gasteiger partial charge in [-0.05, 0) is 35.5 Å². The van der Waals surface area contributed by atoms with Gasteiger partial charge in [-0.25, -0.2) is 0 Å². The summed E-state index contributed by atoms with van der Waals surface area (Å²) in [6.07, 6.45) is 1.99. The van der Waals surface area contributed by atoms with Crippen molar-refractivity contribution < 1.29 is 14.3 Å². The number of para-hydroxylation sites is 1. The molecule has 9 heteroatoms. The number of amides is 1. The lowest BCUT2D eigenvalue weighted by molar-refractivity contribution is -0.118. The van der Waals surface area contributed by atoms with Crippen LogP contribution in [0, 0.1) is 0 Å². The Bertz CT molecular complexity index is 1170. The van der Waals surface area contributed by atoms with Crippen LogP contribution in [-0.2, 0) is 23.1 Å². The number of hydrogen-bond donors (Lipinski definition) is 1. The first-order valence-corrected chi connectivity index (χ1v) is 9.48. The minimum absolute atomic E-state index is 0.120. The summed E-state index contributed by atoms with van der Waals surface area (Å²) in [5, 5.41) is 15.9. The van der Waals surface area contributed by atoms with Crippen molar-refractivity contribution in [2.45, 2.75) is 6.54 Å². The number of methoxy groups -OCH3 is 1. The molecule has 1 amide bonds. The smallest absolute Gasteiger partial charge is 0.262 e. The SMILES string of the molecule is COCCn1ccc2c(OCC(=O)Nc3ccccc3-c3nnn(C)n3)cccc21. The van der Waals surface area contributed by atoms with Gasteiger partial charge in [0.1, 0.15) is 5.75 Å². The van der Waals surface area contributed by atoms with Gasteiger partial charge >= 0.3 is 0 Å². The number of rotatable bonds is 8. The highest BCUT2D eigenvalue weighted by Crippen LogP contribution is 2.27. The van der Waals surface area contributed by atoms with Crippen molar-refractivity contribution in [2.75, 3.05) is 25.6 Å². The molecule has 1 N–H and O–H groups in total. The predicted molar refractivity (Wildman–Crippen MR) is 112 cm³/mol. The zero-order valence-electron chi connectivity index (χ0n) is 16.8. The first-order chi connectivity index (χ1) is 14.7. The van der Waals surface area contributed by atoms with E-state index in [-0.39, 0.29) is 12.5 Å². The average Bonchev–Trinajstić information content (AvgIpc) is 3.37. The third-order valence-corrected chi connectivity index (χ3v) is 4.62. The van der Waals surface area contributed by atoms with E-state index in [1.165, 1.54) is 4.80 Å². The number of benzene rings is 2. The molecule has 0 aliphatic carbocycles. The second-order valence-electron chi connectivity index (χ2n) is 6.68. The van der Waals surface area contributed by atoms with Crippen LogP contribution in [0.25, 0.3) is 22.3 Å². The van der Waals surface area contributed by atoms with Crippen molar-refractivity contribution in [3.05, 3.63) is 54.7 Å². The van der Waals surface area contributed by atoms with Gasteiger partial charge < -0.3 is 19.4 Å². The van der Waals surface area contributed by atoms with Crippen LogP contribution in [0.4, 0.5) is 5.69 Å². The Morgan fingerprint density at radius 3 is 2.80 bits per heavy atom. The summed E-state index contributed by atoms with van der Waals surface area (Å²) in [4.78, 5) is 13.9. The van der Waals surface area contributed by atoms with Gasteiger partial charge in [0.25, 0.3) is 5.91 Å². The molecular formula is C21H22N6O3. The second kappa shape index (κ2) is 8.75. The molecule has 0 atom stereocenters. The molecule has 4 aromatic rings. The van der Waals surface area contributed by atoms with E-state index in [2.05, 4.69) is 25.3 Å². The van der Waals surface area contributed by atoms with E-state index >= 15 is 0 Å². The van der Waals surface area contributed by atoms with E-state index in [1.807, 2.05) is 48.7 Å². The van der Waals surface area contributed by atoms with E-state index < -0.39 is 0 Å². The molecule has 0 bridgehead atoms. The molecule has 0 saturated heterocycles. The molecule has 0 spiro atoms. The van der Waals surface area contributed by atoms with Crippen molar-refractivity contribution in [2.24, 2.45) is 7.05 Å². The molecule has 0 unspecified atom stereocenters. The molecule has 0 fully saturated rings. The quantitative estimate of drug-likeness (QED) is 0.483. The summed E-state index contributed by atoms with van der Waals surface area (Å²) >= 11 is 0. The summed E-state index contributed by atoms with van der Waals surface area (Å²) < 4.78 is 13.1. The number of carbonyl (C=O) groups excluding carboxylic acids is 1. The van der Waals surface area contributed by atoms with Gasteiger partial charge in [-0.15, -0.1) is 10.2 Å². The third kappa shape index (κ3) is 4.15. The van der Waals surface area contributed by atoms with E-state index in [9.17, 15) is 4.79 Å². The van der Waals surface area contributed by atoms with E-state index in [0.717, 1.165) is 17.4 Å². The molecule has 2 aromatic heterocycles. The molecule has 154 valence electrons. The van der Waals surface area contributed by atoms with Gasteiger partial charge in [0.2, 0.25) is 5.82 Å². The number of carbonyl (C=O) groups is 1. The van der Waals surface area contributed by atoms with Crippen molar-refractivity contribution >= 4 is 22.5 Å². The standard InChI is InChI=1S/C21H22N6O3/c1-26-24-21(23-25-26)15-6-3-4-7-17(15)22-20(28)14-30-19-9-5-8-18-16(19)10-11-27(18)12-13-29-2/h3-11H,12-14H2,1-2H3,(H,22,28). The first kappa shape index (κ1) is 19.6. The highest BCUT2D eigenvalue weighted by molar-refractivity contribution is 5.96. The van der Waals surface area contributed by atoms with Crippen molar-refractivity contribution in [1.29, 1.82) is 0 Å². The number of anilines is 1. The van der Waals surface area contributed by atoms with Crippen LogP contribution in [-0.4, -0.2) is 51.0 Å². The molecule has 9 nitrogen and oxygen atoms in total. The number of nitrogens with zero attached hydrogens (tertiary/aromatic N) is 5. The summed E-state index contributed by atoms with van der Waals surface area (Å²) in [5.74, 6) is 0.821. The fraction of sp³-hybridized carbons (Fsp3) is 0.238. The Labute approximate surface area is 173 Å². The molecule has 0 saturated carbocycles. The molecule has 2 heterocycles. The molecule has 2 aromatic carbocycles. The molecule has 0 aliphatic heterocycles. The van der Waals surface area contributed by atoms with Crippen LogP contribution in [0.3, 0.4) is 0 Å². The van der Waals surface area contributed by atoms with Crippen LogP contribution in [0.15, 0.2) is 54.7 Å². The maximum absolute atomic E-state index is 12.5. The van der Waals surface area contributed by atoms with E-state index in [1.54, 1.807) is 20.2 Å². The van der Waals surface area contributed by atoms with Crippen LogP contribution in [0.2, 0.25) is 0 Å². The summed E-state index contributed by atoms with van der Waals surface area (Å²) in [6.45, 7) is 1.25. The first-order valence-electron chi connectivity index (χ1n) is 9.48. The predicted octanol–water partition coefficient (Wildman–Crippen LogP) is 2.50. The number of aromatic nitrogens is 5. The lowest BCUT2D eigenvalue weighted by Gasteiger charge is -2.11. The molecular weight excluding hydrogens is 384 g/mol. The maximum atomic E-state index is 12.5. The Balaban J connectivity index is 1.46. The number of tetrazole rings is 1. The zero-order chi connectivity index (χ0) is 20.9. The number of hydrogen-bond acceptors (Lipinski definition) is 6. The van der Waals surface area contributed by atoms with Crippen molar-refractivity contribution in [1.82, 2.24) is 24.8 Å². The van der Waals surface area contributed by atoms with Gasteiger partial charge in [0.05, 0.1) is 24.9 Å². The number of ether oxygens (including phenoxy) is 2. The molecule has 4 rings (SSSR count). The lowest BCUT2D eigenvalue weighted by Crippen LogP contribution is -2.20. The van der Waals surface area contributed by atoms with Crippen LogP contribution in [0.1, 0.15) is 0 Å². The minimum atomic E-state index is -0.276. The third-order valence-electron chi connectivity index (χ3n) is 4.62. The largest absolute Gasteiger partial charge is 0.483 e. The Morgan fingerprint density at radius 1 is 1.13 bits per heavy atom. The highest BCUT2D eigenvalue weighted by atomic mass is 16.5. The molecule has 0 radical (unpaired) electrons. The van der Waals surface area contributed by atoms with Crippen LogP contribution in [0.5, 0.6) is 5.75 Å². The van der Waals surface area contributed by atoms with E-state index in [0.29, 0.717) is 29.4 Å². The number of aryl methyl sites for hydroxylation is 1. The average molecular weight is 406 g/mol. The Morgan fingerprint density at radius 2 is 2.00 bits per heavy atom. The fourth-order valence-corrected chi connectivity index (χ4v) is 3.21. The monoisotopic (exact) mass is 406 g/mol. The van der Waals surface area contributed by atoms with Gasteiger partial charge in [-0.2, -0.15) is 4.80 Å². The van der Waals surface area contributed by atoms with Gasteiger partial charge in [-0.1, -0.05) is 18.2 Å². The van der Waals surface area contributed by atoms with Gasteiger partial charge in [0, 0.05) is 30.8 Å². The van der Waals surface area contributed by atoms with Gasteiger partial charge in [-0.3, -0.25) is 4.79 Å². The summed E-state index contributed by atoms with van der Waals surface area (Å²) in [7, 11) is 3.37. The van der Waals surface area contributed by atoms with Crippen LogP contribution >= 0.6 is 0 Å². The summed E-state index contributed by atoms with van der Waals surface area (Å²) in [5.41, 5.74) is 2.32. The minimum Gasteiger partial charge on any atom is -0.483 e. The van der Waals surface area contributed by atoms with Crippen LogP contribution < -0.4 is 10.1 Å². The molecule has 30 heavy (non-hydrogen) atoms. The maximum Gasteiger partial charge on any atom is 0.262 e. The second-order valence-corrected chi connectivity index (χ2v) is 6.68. The normalized spacial score (nSPS) is 11.0. The number of fused-ring (bicyclic) bond motifs is 1. The fourth-order valence-electron chi connectivity index (χ4n) is 3.21. The van der Waals surface area contributed by atoms with E-state index in [4.69, 9.17) is 9.47 Å². The summed E-state index contributed by atoms with van der Waals surface area (Å²) in [6, 6.07) is 15.1. The Hall–Kier alpha value is -3.72. The number of nitrogens with one attached hydrogen (secondary N) is 1.